The number of rotatable bonds is 2. The molecule has 150 valence electrons. The molecule has 1 atom stereocenters. The summed E-state index contributed by atoms with van der Waals surface area (Å²) in [6.45, 7) is 7.51. The summed E-state index contributed by atoms with van der Waals surface area (Å²) in [6, 6.07) is 11.3. The van der Waals surface area contributed by atoms with E-state index in [1.165, 1.54) is 17.7 Å². The SMILES string of the molecule is CC(C)(C)c1ccc(NC(=O)N2CCSC(c3cc(F)ccc3F)CC2)cc1. The molecule has 1 unspecified atom stereocenters. The molecule has 1 N–H and O–H groups in total. The molecule has 0 saturated carbocycles. The summed E-state index contributed by atoms with van der Waals surface area (Å²) < 4.78 is 27.6. The van der Waals surface area contributed by atoms with Gasteiger partial charge in [0.15, 0.2) is 0 Å². The van der Waals surface area contributed by atoms with Crippen molar-refractivity contribution in [3.63, 3.8) is 0 Å². The van der Waals surface area contributed by atoms with E-state index in [4.69, 9.17) is 0 Å². The standard InChI is InChI=1S/C22H26F2N2OS/c1-22(2,3)15-4-7-17(8-5-15)25-21(27)26-11-10-20(28-13-12-26)18-14-16(23)6-9-19(18)24/h4-9,14,20H,10-13H2,1-3H3,(H,25,27). The van der Waals surface area contributed by atoms with Crippen LogP contribution in [-0.4, -0.2) is 29.8 Å². The van der Waals surface area contributed by atoms with Gasteiger partial charge in [0.05, 0.1) is 0 Å². The summed E-state index contributed by atoms with van der Waals surface area (Å²) in [5.41, 5.74) is 2.40. The lowest BCUT2D eigenvalue weighted by Gasteiger charge is -2.22. The number of carbonyl (C=O) groups excluding carboxylic acids is 1. The molecule has 0 aromatic heterocycles. The van der Waals surface area contributed by atoms with Crippen molar-refractivity contribution in [3.05, 3.63) is 65.2 Å². The second kappa shape index (κ2) is 8.52. The van der Waals surface area contributed by atoms with E-state index in [9.17, 15) is 13.6 Å². The van der Waals surface area contributed by atoms with E-state index in [2.05, 4.69) is 26.1 Å². The number of thioether (sulfide) groups is 1. The maximum absolute atomic E-state index is 14.1. The third kappa shape index (κ3) is 5.04. The first kappa shape index (κ1) is 20.6. The highest BCUT2D eigenvalue weighted by Crippen LogP contribution is 2.36. The molecule has 3 rings (SSSR count). The van der Waals surface area contributed by atoms with Crippen molar-refractivity contribution in [1.29, 1.82) is 0 Å². The highest BCUT2D eigenvalue weighted by atomic mass is 32.2. The van der Waals surface area contributed by atoms with Gasteiger partial charge >= 0.3 is 6.03 Å². The van der Waals surface area contributed by atoms with Gasteiger partial charge in [-0.3, -0.25) is 0 Å². The molecule has 0 radical (unpaired) electrons. The van der Waals surface area contributed by atoms with Crippen molar-refractivity contribution in [2.24, 2.45) is 0 Å². The lowest BCUT2D eigenvalue weighted by molar-refractivity contribution is 0.215. The first-order valence-electron chi connectivity index (χ1n) is 9.47. The molecular formula is C22H26F2N2OS. The van der Waals surface area contributed by atoms with E-state index in [0.717, 1.165) is 11.8 Å². The highest BCUT2D eigenvalue weighted by molar-refractivity contribution is 7.99. The van der Waals surface area contributed by atoms with Crippen molar-refractivity contribution in [2.75, 3.05) is 24.2 Å². The molecule has 6 heteroatoms. The van der Waals surface area contributed by atoms with Crippen molar-refractivity contribution in [2.45, 2.75) is 37.9 Å². The molecule has 1 heterocycles. The van der Waals surface area contributed by atoms with Crippen LogP contribution in [-0.2, 0) is 5.41 Å². The molecule has 1 aliphatic rings. The average molecular weight is 405 g/mol. The topological polar surface area (TPSA) is 32.3 Å². The van der Waals surface area contributed by atoms with E-state index in [1.807, 2.05) is 24.3 Å². The van der Waals surface area contributed by atoms with Gasteiger partial charge in [0.25, 0.3) is 0 Å². The molecule has 28 heavy (non-hydrogen) atoms. The maximum Gasteiger partial charge on any atom is 0.321 e. The zero-order valence-electron chi connectivity index (χ0n) is 16.5. The number of carbonyl (C=O) groups is 1. The molecule has 3 nitrogen and oxygen atoms in total. The van der Waals surface area contributed by atoms with Gasteiger partial charge in [-0.05, 0) is 47.7 Å². The Bertz CT molecular complexity index is 833. The number of nitrogens with zero attached hydrogens (tertiary/aromatic N) is 1. The van der Waals surface area contributed by atoms with Gasteiger partial charge in [0.2, 0.25) is 0 Å². The predicted octanol–water partition coefficient (Wildman–Crippen LogP) is 5.97. The fraction of sp³-hybridized carbons (Fsp3) is 0.409. The average Bonchev–Trinajstić information content (AvgIpc) is 2.89. The number of hydrogen-bond donors (Lipinski definition) is 1. The van der Waals surface area contributed by atoms with Crippen LogP contribution >= 0.6 is 11.8 Å². The van der Waals surface area contributed by atoms with Gasteiger partial charge < -0.3 is 10.2 Å². The molecule has 0 bridgehead atoms. The number of amides is 2. The summed E-state index contributed by atoms with van der Waals surface area (Å²) in [5, 5.41) is 2.78. The first-order chi connectivity index (χ1) is 13.2. The van der Waals surface area contributed by atoms with Gasteiger partial charge in [-0.2, -0.15) is 11.8 Å². The van der Waals surface area contributed by atoms with E-state index >= 15 is 0 Å². The van der Waals surface area contributed by atoms with Crippen LogP contribution in [0.3, 0.4) is 0 Å². The minimum atomic E-state index is -0.436. The number of benzene rings is 2. The highest BCUT2D eigenvalue weighted by Gasteiger charge is 2.24. The first-order valence-corrected chi connectivity index (χ1v) is 10.5. The monoisotopic (exact) mass is 404 g/mol. The number of halogens is 2. The number of nitrogens with one attached hydrogen (secondary N) is 1. The van der Waals surface area contributed by atoms with Gasteiger partial charge in [0.1, 0.15) is 11.6 Å². The van der Waals surface area contributed by atoms with Gasteiger partial charge in [0, 0.05) is 35.3 Å². The van der Waals surface area contributed by atoms with Crippen LogP contribution in [0.25, 0.3) is 0 Å². The van der Waals surface area contributed by atoms with Gasteiger partial charge in [-0.1, -0.05) is 32.9 Å². The minimum absolute atomic E-state index is 0.0613. The Labute approximate surface area is 169 Å². The van der Waals surface area contributed by atoms with Crippen LogP contribution in [0.4, 0.5) is 19.3 Å². The van der Waals surface area contributed by atoms with Crippen molar-refractivity contribution >= 4 is 23.5 Å². The van der Waals surface area contributed by atoms with E-state index in [-0.39, 0.29) is 16.7 Å². The number of anilines is 1. The zero-order chi connectivity index (χ0) is 20.3. The number of urea groups is 1. The summed E-state index contributed by atoms with van der Waals surface area (Å²) in [5.74, 6) is -0.151. The van der Waals surface area contributed by atoms with Crippen LogP contribution in [0.5, 0.6) is 0 Å². The normalized spacial score (nSPS) is 17.9. The largest absolute Gasteiger partial charge is 0.324 e. The Kier molecular flexibility index (Phi) is 6.28. The smallest absolute Gasteiger partial charge is 0.321 e. The Morgan fingerprint density at radius 2 is 1.82 bits per heavy atom. The Balaban J connectivity index is 1.62. The fourth-order valence-electron chi connectivity index (χ4n) is 3.24. The summed E-state index contributed by atoms with van der Waals surface area (Å²) in [6.07, 6.45) is 0.585. The Morgan fingerprint density at radius 3 is 2.50 bits per heavy atom. The molecule has 2 aromatic rings. The molecule has 1 fully saturated rings. The summed E-state index contributed by atoms with van der Waals surface area (Å²) in [7, 11) is 0. The lowest BCUT2D eigenvalue weighted by Crippen LogP contribution is -2.36. The molecule has 2 amide bonds. The van der Waals surface area contributed by atoms with Crippen LogP contribution < -0.4 is 5.32 Å². The molecular weight excluding hydrogens is 378 g/mol. The Hall–Kier alpha value is -2.08. The van der Waals surface area contributed by atoms with E-state index in [0.29, 0.717) is 30.8 Å². The summed E-state index contributed by atoms with van der Waals surface area (Å²) in [4.78, 5) is 14.4. The van der Waals surface area contributed by atoms with Crippen LogP contribution in [0.15, 0.2) is 42.5 Å². The maximum atomic E-state index is 14.1. The van der Waals surface area contributed by atoms with Crippen LogP contribution in [0.1, 0.15) is 43.6 Å². The second-order valence-corrected chi connectivity index (χ2v) is 9.37. The zero-order valence-corrected chi connectivity index (χ0v) is 17.3. The second-order valence-electron chi connectivity index (χ2n) is 8.06. The van der Waals surface area contributed by atoms with Crippen molar-refractivity contribution in [1.82, 2.24) is 4.90 Å². The van der Waals surface area contributed by atoms with Gasteiger partial charge in [-0.15, -0.1) is 0 Å². The third-order valence-electron chi connectivity index (χ3n) is 4.94. The van der Waals surface area contributed by atoms with E-state index in [1.54, 1.807) is 16.7 Å². The minimum Gasteiger partial charge on any atom is -0.324 e. The van der Waals surface area contributed by atoms with Crippen LogP contribution in [0.2, 0.25) is 0 Å². The van der Waals surface area contributed by atoms with Crippen LogP contribution in [0, 0.1) is 11.6 Å². The molecule has 1 aliphatic heterocycles. The predicted molar refractivity (Wildman–Crippen MR) is 112 cm³/mol. The Morgan fingerprint density at radius 1 is 1.11 bits per heavy atom. The molecule has 0 spiro atoms. The quantitative estimate of drug-likeness (QED) is 0.668. The molecule has 2 aromatic carbocycles. The van der Waals surface area contributed by atoms with E-state index < -0.39 is 11.6 Å². The van der Waals surface area contributed by atoms with Crippen molar-refractivity contribution < 1.29 is 13.6 Å². The summed E-state index contributed by atoms with van der Waals surface area (Å²) >= 11 is 1.56. The van der Waals surface area contributed by atoms with Crippen molar-refractivity contribution in [3.8, 4) is 0 Å². The number of hydrogen-bond acceptors (Lipinski definition) is 2. The van der Waals surface area contributed by atoms with Gasteiger partial charge in [-0.25, -0.2) is 13.6 Å². The molecule has 0 aliphatic carbocycles. The lowest BCUT2D eigenvalue weighted by atomic mass is 9.87. The molecule has 1 saturated heterocycles. The third-order valence-corrected chi connectivity index (χ3v) is 6.25. The fourth-order valence-corrected chi connectivity index (χ4v) is 4.48.